The van der Waals surface area contributed by atoms with Crippen molar-refractivity contribution in [3.8, 4) is 0 Å². The minimum absolute atomic E-state index is 0.0287. The summed E-state index contributed by atoms with van der Waals surface area (Å²) in [5.41, 5.74) is 0.660. The first-order valence-electron chi connectivity index (χ1n) is 7.41. The number of benzene rings is 1. The number of carboxylic acids is 1. The van der Waals surface area contributed by atoms with Crippen molar-refractivity contribution in [3.63, 3.8) is 0 Å². The van der Waals surface area contributed by atoms with Gasteiger partial charge >= 0.3 is 5.97 Å². The minimum Gasteiger partial charge on any atom is -0.481 e. The summed E-state index contributed by atoms with van der Waals surface area (Å²) >= 11 is 3.35. The van der Waals surface area contributed by atoms with Gasteiger partial charge < -0.3 is 10.4 Å². The number of hydrogen-bond acceptors (Lipinski definition) is 4. The van der Waals surface area contributed by atoms with E-state index in [2.05, 4.69) is 11.4 Å². The first-order valence-corrected chi connectivity index (χ1v) is 9.28. The van der Waals surface area contributed by atoms with Crippen molar-refractivity contribution in [1.29, 1.82) is 0 Å². The lowest BCUT2D eigenvalue weighted by Gasteiger charge is -2.33. The number of thiophene rings is 1. The summed E-state index contributed by atoms with van der Waals surface area (Å²) in [6.45, 7) is 0. The number of hydrogen-bond donors (Lipinski definition) is 2. The number of carbonyl (C=O) groups excluding carboxylic acids is 1. The number of rotatable bonds is 6. The molecule has 2 N–H and O–H groups in total. The smallest absolute Gasteiger partial charge is 0.306 e. The Hall–Kier alpha value is -1.79. The number of amides is 1. The first-order chi connectivity index (χ1) is 11.1. The highest BCUT2D eigenvalue weighted by Crippen LogP contribution is 2.30. The molecule has 1 fully saturated rings. The van der Waals surface area contributed by atoms with Gasteiger partial charge in [-0.1, -0.05) is 18.2 Å². The molecule has 6 heteroatoms. The van der Waals surface area contributed by atoms with E-state index in [9.17, 15) is 9.59 Å². The lowest BCUT2D eigenvalue weighted by molar-refractivity contribution is -0.145. The van der Waals surface area contributed by atoms with Gasteiger partial charge in [-0.2, -0.15) is 0 Å². The van der Waals surface area contributed by atoms with Crippen molar-refractivity contribution in [1.82, 2.24) is 5.32 Å². The average molecular weight is 347 g/mol. The molecule has 1 aliphatic rings. The summed E-state index contributed by atoms with van der Waals surface area (Å²) in [5, 5.41) is 13.9. The summed E-state index contributed by atoms with van der Waals surface area (Å²) in [6, 6.07) is 11.6. The summed E-state index contributed by atoms with van der Waals surface area (Å²) < 4.78 is 0. The van der Waals surface area contributed by atoms with E-state index in [1.54, 1.807) is 23.1 Å². The van der Waals surface area contributed by atoms with Crippen molar-refractivity contribution >= 4 is 35.0 Å². The van der Waals surface area contributed by atoms with Gasteiger partial charge in [-0.15, -0.1) is 23.1 Å². The molecule has 1 aliphatic carbocycles. The Morgan fingerprint density at radius 3 is 2.70 bits per heavy atom. The van der Waals surface area contributed by atoms with Crippen LogP contribution in [-0.2, 0) is 10.5 Å². The number of thioether (sulfide) groups is 1. The van der Waals surface area contributed by atoms with Crippen LogP contribution in [0.3, 0.4) is 0 Å². The quantitative estimate of drug-likeness (QED) is 0.783. The molecule has 1 amide bonds. The predicted molar refractivity (Wildman–Crippen MR) is 91.9 cm³/mol. The molecule has 0 saturated heterocycles. The standard InChI is InChI=1S/C17H17NO3S2/c19-16(18-12-8-11(9-12)17(20)21)14-5-1-2-6-15(14)23-10-13-4-3-7-22-13/h1-7,11-12H,8-10H2,(H,18,19)(H,20,21). The molecule has 3 rings (SSSR count). The van der Waals surface area contributed by atoms with E-state index in [0.717, 1.165) is 10.6 Å². The van der Waals surface area contributed by atoms with E-state index in [4.69, 9.17) is 5.11 Å². The van der Waals surface area contributed by atoms with Gasteiger partial charge in [0.1, 0.15) is 0 Å². The van der Waals surface area contributed by atoms with Gasteiger partial charge in [0, 0.05) is 21.6 Å². The second kappa shape index (κ2) is 7.19. The Kier molecular flexibility index (Phi) is 5.03. The largest absolute Gasteiger partial charge is 0.481 e. The van der Waals surface area contributed by atoms with Crippen LogP contribution in [0.1, 0.15) is 28.1 Å². The molecule has 0 unspecified atom stereocenters. The Morgan fingerprint density at radius 2 is 2.00 bits per heavy atom. The van der Waals surface area contributed by atoms with Crippen LogP contribution in [0.2, 0.25) is 0 Å². The highest BCUT2D eigenvalue weighted by atomic mass is 32.2. The number of aliphatic carboxylic acids is 1. The summed E-state index contributed by atoms with van der Waals surface area (Å²) in [6.07, 6.45) is 1.04. The Labute approximate surface area is 142 Å². The molecule has 23 heavy (non-hydrogen) atoms. The van der Waals surface area contributed by atoms with Crippen LogP contribution in [-0.4, -0.2) is 23.0 Å². The predicted octanol–water partition coefficient (Wildman–Crippen LogP) is 3.63. The van der Waals surface area contributed by atoms with Gasteiger partial charge in [-0.25, -0.2) is 0 Å². The Balaban J connectivity index is 1.60. The van der Waals surface area contributed by atoms with Gasteiger partial charge in [0.25, 0.3) is 5.91 Å². The van der Waals surface area contributed by atoms with E-state index in [1.807, 2.05) is 35.7 Å². The highest BCUT2D eigenvalue weighted by molar-refractivity contribution is 7.98. The van der Waals surface area contributed by atoms with E-state index in [-0.39, 0.29) is 17.9 Å². The molecule has 0 radical (unpaired) electrons. The molecule has 0 atom stereocenters. The molecule has 1 aromatic heterocycles. The number of nitrogens with one attached hydrogen (secondary N) is 1. The van der Waals surface area contributed by atoms with Crippen LogP contribution in [0.25, 0.3) is 0 Å². The fourth-order valence-corrected chi connectivity index (χ4v) is 4.35. The van der Waals surface area contributed by atoms with Gasteiger partial charge in [0.15, 0.2) is 0 Å². The number of carboxylic acid groups (broad SMARTS) is 1. The van der Waals surface area contributed by atoms with Crippen LogP contribution in [0.5, 0.6) is 0 Å². The van der Waals surface area contributed by atoms with Crippen molar-refractivity contribution in [3.05, 3.63) is 52.2 Å². The molecule has 0 aliphatic heterocycles. The normalized spacial score (nSPS) is 19.8. The van der Waals surface area contributed by atoms with Crippen LogP contribution in [0.4, 0.5) is 0 Å². The van der Waals surface area contributed by atoms with Crippen LogP contribution in [0.15, 0.2) is 46.7 Å². The molecule has 1 heterocycles. The average Bonchev–Trinajstić information content (AvgIpc) is 3.01. The van der Waals surface area contributed by atoms with Gasteiger partial charge in [-0.05, 0) is 36.4 Å². The fraction of sp³-hybridized carbons (Fsp3) is 0.294. The van der Waals surface area contributed by atoms with E-state index in [1.165, 1.54) is 4.88 Å². The third-order valence-electron chi connectivity index (χ3n) is 3.90. The maximum absolute atomic E-state index is 12.4. The fourth-order valence-electron chi connectivity index (χ4n) is 2.52. The molecule has 1 aromatic carbocycles. The van der Waals surface area contributed by atoms with Crippen molar-refractivity contribution in [2.45, 2.75) is 29.5 Å². The Morgan fingerprint density at radius 1 is 1.22 bits per heavy atom. The van der Waals surface area contributed by atoms with Gasteiger partial charge in [-0.3, -0.25) is 9.59 Å². The minimum atomic E-state index is -0.776. The second-order valence-corrected chi connectivity index (χ2v) is 7.59. The zero-order valence-electron chi connectivity index (χ0n) is 12.4. The summed E-state index contributed by atoms with van der Waals surface area (Å²) in [5.74, 6) is -0.369. The molecule has 1 saturated carbocycles. The zero-order chi connectivity index (χ0) is 16.2. The molecule has 120 valence electrons. The Bertz CT molecular complexity index is 694. The third-order valence-corrected chi connectivity index (χ3v) is 6.09. The van der Waals surface area contributed by atoms with Crippen molar-refractivity contribution in [2.75, 3.05) is 0 Å². The van der Waals surface area contributed by atoms with Crippen molar-refractivity contribution in [2.24, 2.45) is 5.92 Å². The third kappa shape index (κ3) is 3.95. The van der Waals surface area contributed by atoms with E-state index >= 15 is 0 Å². The zero-order valence-corrected chi connectivity index (χ0v) is 14.0. The van der Waals surface area contributed by atoms with Crippen LogP contribution < -0.4 is 5.32 Å². The maximum atomic E-state index is 12.4. The molecule has 0 bridgehead atoms. The lowest BCUT2D eigenvalue weighted by atomic mass is 9.80. The van der Waals surface area contributed by atoms with E-state index in [0.29, 0.717) is 18.4 Å². The lowest BCUT2D eigenvalue weighted by Crippen LogP contribution is -2.46. The molecule has 2 aromatic rings. The van der Waals surface area contributed by atoms with Crippen LogP contribution >= 0.6 is 23.1 Å². The van der Waals surface area contributed by atoms with E-state index < -0.39 is 5.97 Å². The molecule has 4 nitrogen and oxygen atoms in total. The summed E-state index contributed by atoms with van der Waals surface area (Å²) in [4.78, 5) is 25.5. The topological polar surface area (TPSA) is 66.4 Å². The molecular formula is C17H17NO3S2. The van der Waals surface area contributed by atoms with Gasteiger partial charge in [0.05, 0.1) is 11.5 Å². The highest BCUT2D eigenvalue weighted by Gasteiger charge is 2.35. The monoisotopic (exact) mass is 347 g/mol. The van der Waals surface area contributed by atoms with Crippen molar-refractivity contribution < 1.29 is 14.7 Å². The maximum Gasteiger partial charge on any atom is 0.306 e. The van der Waals surface area contributed by atoms with Crippen LogP contribution in [0, 0.1) is 5.92 Å². The molecular weight excluding hydrogens is 330 g/mol. The molecule has 0 spiro atoms. The first kappa shape index (κ1) is 16.1. The SMILES string of the molecule is O=C(NC1CC(C(=O)O)C1)c1ccccc1SCc1cccs1. The van der Waals surface area contributed by atoms with Gasteiger partial charge in [0.2, 0.25) is 0 Å². The second-order valence-electron chi connectivity index (χ2n) is 5.54. The number of carbonyl (C=O) groups is 2. The summed E-state index contributed by atoms with van der Waals surface area (Å²) in [7, 11) is 0.